The molecule has 0 bridgehead atoms. The fourth-order valence-corrected chi connectivity index (χ4v) is 1.42. The van der Waals surface area contributed by atoms with Crippen molar-refractivity contribution >= 4 is 17.3 Å². The molecule has 2 N–H and O–H groups in total. The number of rotatable bonds is 2. The maximum atomic E-state index is 12.7. The van der Waals surface area contributed by atoms with Crippen molar-refractivity contribution in [3.63, 3.8) is 0 Å². The summed E-state index contributed by atoms with van der Waals surface area (Å²) in [4.78, 5) is 7.89. The van der Waals surface area contributed by atoms with E-state index in [1.807, 2.05) is 0 Å². The summed E-state index contributed by atoms with van der Waals surface area (Å²) in [6.07, 6.45) is 0. The predicted octanol–water partition coefficient (Wildman–Crippen LogP) is 2.95. The minimum atomic E-state index is -0.345. The normalized spacial score (nSPS) is 10.3. The van der Waals surface area contributed by atoms with Crippen LogP contribution in [0.2, 0.25) is 5.15 Å². The first-order chi connectivity index (χ1) is 8.06. The Bertz CT molecular complexity index is 545. The van der Waals surface area contributed by atoms with Gasteiger partial charge in [0.05, 0.1) is 0 Å². The molecular formula is C11H9ClFN3O. The molecular weight excluding hydrogens is 245 g/mol. The van der Waals surface area contributed by atoms with Crippen LogP contribution in [0.1, 0.15) is 5.82 Å². The van der Waals surface area contributed by atoms with Crippen LogP contribution < -0.4 is 10.5 Å². The summed E-state index contributed by atoms with van der Waals surface area (Å²) in [5.41, 5.74) is 5.83. The summed E-state index contributed by atoms with van der Waals surface area (Å²) in [7, 11) is 0. The quantitative estimate of drug-likeness (QED) is 0.836. The number of hydrogen-bond donors (Lipinski definition) is 1. The lowest BCUT2D eigenvalue weighted by atomic mass is 10.3. The van der Waals surface area contributed by atoms with Gasteiger partial charge in [-0.05, 0) is 31.2 Å². The van der Waals surface area contributed by atoms with Gasteiger partial charge in [0.15, 0.2) is 5.15 Å². The van der Waals surface area contributed by atoms with Crippen LogP contribution in [0, 0.1) is 12.7 Å². The van der Waals surface area contributed by atoms with E-state index in [2.05, 4.69) is 9.97 Å². The highest BCUT2D eigenvalue weighted by molar-refractivity contribution is 6.32. The van der Waals surface area contributed by atoms with Crippen molar-refractivity contribution in [1.82, 2.24) is 9.97 Å². The molecule has 0 aliphatic heterocycles. The lowest BCUT2D eigenvalue weighted by Crippen LogP contribution is -2.00. The molecule has 1 aromatic carbocycles. The molecule has 4 nitrogen and oxygen atoms in total. The third-order valence-electron chi connectivity index (χ3n) is 2.00. The van der Waals surface area contributed by atoms with Crippen molar-refractivity contribution < 1.29 is 9.13 Å². The zero-order valence-corrected chi connectivity index (χ0v) is 9.70. The van der Waals surface area contributed by atoms with E-state index in [1.54, 1.807) is 6.92 Å². The largest absolute Gasteiger partial charge is 0.437 e. The molecule has 0 aliphatic carbocycles. The molecule has 0 radical (unpaired) electrons. The summed E-state index contributed by atoms with van der Waals surface area (Å²) in [5, 5.41) is 0.134. The Morgan fingerprint density at radius 3 is 2.53 bits per heavy atom. The lowest BCUT2D eigenvalue weighted by molar-refractivity contribution is 0.461. The van der Waals surface area contributed by atoms with Gasteiger partial charge in [0.2, 0.25) is 5.88 Å². The summed E-state index contributed by atoms with van der Waals surface area (Å²) >= 11 is 5.79. The number of halogens is 2. The number of nitrogen functional groups attached to an aromatic ring is 1. The number of nitrogens with two attached hydrogens (primary N) is 1. The second kappa shape index (κ2) is 4.55. The Kier molecular flexibility index (Phi) is 3.10. The van der Waals surface area contributed by atoms with Crippen LogP contribution in [0.25, 0.3) is 0 Å². The minimum absolute atomic E-state index is 0.134. The van der Waals surface area contributed by atoms with Crippen molar-refractivity contribution in [2.24, 2.45) is 0 Å². The van der Waals surface area contributed by atoms with Gasteiger partial charge in [-0.3, -0.25) is 0 Å². The first-order valence-electron chi connectivity index (χ1n) is 4.79. The van der Waals surface area contributed by atoms with E-state index in [0.717, 1.165) is 0 Å². The van der Waals surface area contributed by atoms with Gasteiger partial charge in [0.25, 0.3) is 0 Å². The van der Waals surface area contributed by atoms with Crippen molar-refractivity contribution in [2.75, 3.05) is 5.73 Å². The van der Waals surface area contributed by atoms with Crippen molar-refractivity contribution in [3.8, 4) is 11.6 Å². The standard InChI is InChI=1S/C11H9ClFN3O/c1-6-15-10(12)9(14)11(16-6)17-8-4-2-7(13)3-5-8/h2-5H,14H2,1H3. The summed E-state index contributed by atoms with van der Waals surface area (Å²) < 4.78 is 18.1. The van der Waals surface area contributed by atoms with Crippen LogP contribution in [0.5, 0.6) is 11.6 Å². The maximum Gasteiger partial charge on any atom is 0.247 e. The summed E-state index contributed by atoms with van der Waals surface area (Å²) in [6.45, 7) is 1.67. The molecule has 2 aromatic rings. The van der Waals surface area contributed by atoms with Gasteiger partial charge in [-0.25, -0.2) is 9.37 Å². The predicted molar refractivity (Wildman–Crippen MR) is 62.7 cm³/mol. The molecule has 0 unspecified atom stereocenters. The Morgan fingerprint density at radius 2 is 1.88 bits per heavy atom. The molecule has 0 fully saturated rings. The number of benzene rings is 1. The van der Waals surface area contributed by atoms with Gasteiger partial charge in [-0.2, -0.15) is 4.98 Å². The van der Waals surface area contributed by atoms with Crippen LogP contribution >= 0.6 is 11.6 Å². The van der Waals surface area contributed by atoms with Crippen LogP contribution in [-0.4, -0.2) is 9.97 Å². The van der Waals surface area contributed by atoms with Crippen LogP contribution in [0.15, 0.2) is 24.3 Å². The molecule has 6 heteroatoms. The number of ether oxygens (including phenoxy) is 1. The fourth-order valence-electron chi connectivity index (χ4n) is 1.21. The number of hydrogen-bond acceptors (Lipinski definition) is 4. The van der Waals surface area contributed by atoms with Crippen LogP contribution in [0.3, 0.4) is 0 Å². The first-order valence-corrected chi connectivity index (χ1v) is 5.17. The SMILES string of the molecule is Cc1nc(Cl)c(N)c(Oc2ccc(F)cc2)n1. The van der Waals surface area contributed by atoms with Gasteiger partial charge >= 0.3 is 0 Å². The van der Waals surface area contributed by atoms with Crippen LogP contribution in [0.4, 0.5) is 10.1 Å². The number of nitrogens with zero attached hydrogens (tertiary/aromatic N) is 2. The molecule has 17 heavy (non-hydrogen) atoms. The lowest BCUT2D eigenvalue weighted by Gasteiger charge is -2.08. The monoisotopic (exact) mass is 253 g/mol. The Hall–Kier alpha value is -1.88. The van der Waals surface area contributed by atoms with E-state index in [1.165, 1.54) is 24.3 Å². The van der Waals surface area contributed by atoms with Crippen molar-refractivity contribution in [2.45, 2.75) is 6.92 Å². The van der Waals surface area contributed by atoms with E-state index in [9.17, 15) is 4.39 Å². The minimum Gasteiger partial charge on any atom is -0.437 e. The number of aryl methyl sites for hydroxylation is 1. The molecule has 0 spiro atoms. The second-order valence-corrected chi connectivity index (χ2v) is 3.69. The Balaban J connectivity index is 2.32. The zero-order chi connectivity index (χ0) is 12.4. The fraction of sp³-hybridized carbons (Fsp3) is 0.0909. The van der Waals surface area contributed by atoms with Gasteiger partial charge in [-0.15, -0.1) is 0 Å². The molecule has 1 aromatic heterocycles. The third kappa shape index (κ3) is 2.62. The smallest absolute Gasteiger partial charge is 0.247 e. The second-order valence-electron chi connectivity index (χ2n) is 3.34. The average molecular weight is 254 g/mol. The molecule has 0 saturated heterocycles. The van der Waals surface area contributed by atoms with Crippen molar-refractivity contribution in [3.05, 3.63) is 41.1 Å². The van der Waals surface area contributed by atoms with E-state index < -0.39 is 0 Å². The topological polar surface area (TPSA) is 61.0 Å². The van der Waals surface area contributed by atoms with Gasteiger partial charge in [-0.1, -0.05) is 11.6 Å². The van der Waals surface area contributed by atoms with E-state index in [0.29, 0.717) is 11.6 Å². The third-order valence-corrected chi connectivity index (χ3v) is 2.29. The summed E-state index contributed by atoms with van der Waals surface area (Å²) in [6, 6.07) is 5.50. The molecule has 0 aliphatic rings. The van der Waals surface area contributed by atoms with Crippen molar-refractivity contribution in [1.29, 1.82) is 0 Å². The Labute approximate surface area is 102 Å². The molecule has 0 amide bonds. The molecule has 88 valence electrons. The van der Waals surface area contributed by atoms with Gasteiger partial charge < -0.3 is 10.5 Å². The highest BCUT2D eigenvalue weighted by Gasteiger charge is 2.10. The average Bonchev–Trinajstić information content (AvgIpc) is 2.28. The highest BCUT2D eigenvalue weighted by Crippen LogP contribution is 2.29. The van der Waals surface area contributed by atoms with Crippen LogP contribution in [-0.2, 0) is 0 Å². The number of anilines is 1. The van der Waals surface area contributed by atoms with E-state index >= 15 is 0 Å². The summed E-state index contributed by atoms with van der Waals surface area (Å²) in [5.74, 6) is 0.685. The Morgan fingerprint density at radius 1 is 1.24 bits per heavy atom. The van der Waals surface area contributed by atoms with Gasteiger partial charge in [0.1, 0.15) is 23.1 Å². The molecule has 0 saturated carbocycles. The van der Waals surface area contributed by atoms with E-state index in [4.69, 9.17) is 22.1 Å². The zero-order valence-electron chi connectivity index (χ0n) is 8.95. The first kappa shape index (κ1) is 11.6. The molecule has 2 rings (SSSR count). The molecule has 1 heterocycles. The van der Waals surface area contributed by atoms with E-state index in [-0.39, 0.29) is 22.5 Å². The maximum absolute atomic E-state index is 12.7. The molecule has 0 atom stereocenters. The highest BCUT2D eigenvalue weighted by atomic mass is 35.5. The number of aromatic nitrogens is 2. The van der Waals surface area contributed by atoms with Gasteiger partial charge in [0, 0.05) is 0 Å².